The van der Waals surface area contributed by atoms with Crippen molar-refractivity contribution < 1.29 is 0 Å². The molecule has 1 aliphatic carbocycles. The van der Waals surface area contributed by atoms with Crippen molar-refractivity contribution in [3.63, 3.8) is 0 Å². The zero-order valence-corrected chi connectivity index (χ0v) is 12.8. The summed E-state index contributed by atoms with van der Waals surface area (Å²) in [6.07, 6.45) is 8.01. The molecule has 0 bridgehead atoms. The lowest BCUT2D eigenvalue weighted by molar-refractivity contribution is 0.310. The van der Waals surface area contributed by atoms with Crippen LogP contribution in [0, 0.1) is 12.3 Å². The molecule has 0 saturated heterocycles. The molecule has 2 rings (SSSR count). The molecule has 0 aromatic heterocycles. The first-order valence-corrected chi connectivity index (χ1v) is 7.85. The van der Waals surface area contributed by atoms with Crippen LogP contribution in [-0.2, 0) is 6.42 Å². The standard InChI is InChI=1S/C18H29N/c1-15-7-4-5-8-16(15)11-14-19-17-9-6-12-18(2,3)13-10-17/h4-5,7-8,17,19H,6,9-14H2,1-3H3. The third kappa shape index (κ3) is 4.65. The first kappa shape index (κ1) is 14.6. The van der Waals surface area contributed by atoms with E-state index in [2.05, 4.69) is 50.4 Å². The number of hydrogen-bond acceptors (Lipinski definition) is 1. The largest absolute Gasteiger partial charge is 0.314 e. The highest BCUT2D eigenvalue weighted by Crippen LogP contribution is 2.33. The number of rotatable bonds is 4. The molecular formula is C18H29N. The Bertz CT molecular complexity index is 394. The molecule has 0 heterocycles. The Balaban J connectivity index is 1.75. The van der Waals surface area contributed by atoms with Gasteiger partial charge in [-0.3, -0.25) is 0 Å². The minimum atomic E-state index is 0.562. The lowest BCUT2D eigenvalue weighted by Gasteiger charge is -2.22. The van der Waals surface area contributed by atoms with Crippen molar-refractivity contribution >= 4 is 0 Å². The lowest BCUT2D eigenvalue weighted by Crippen LogP contribution is -2.30. The van der Waals surface area contributed by atoms with E-state index in [0.717, 1.165) is 19.0 Å². The molecule has 1 atom stereocenters. The monoisotopic (exact) mass is 259 g/mol. The molecule has 106 valence electrons. The summed E-state index contributed by atoms with van der Waals surface area (Å²) in [5, 5.41) is 3.78. The maximum atomic E-state index is 3.78. The van der Waals surface area contributed by atoms with Gasteiger partial charge in [0.05, 0.1) is 0 Å². The number of hydrogen-bond donors (Lipinski definition) is 1. The van der Waals surface area contributed by atoms with E-state index in [0.29, 0.717) is 5.41 Å². The second kappa shape index (κ2) is 6.56. The van der Waals surface area contributed by atoms with Crippen LogP contribution in [-0.4, -0.2) is 12.6 Å². The Labute approximate surface area is 118 Å². The number of nitrogens with one attached hydrogen (secondary N) is 1. The van der Waals surface area contributed by atoms with E-state index in [9.17, 15) is 0 Å². The highest BCUT2D eigenvalue weighted by molar-refractivity contribution is 5.25. The maximum absolute atomic E-state index is 3.78. The molecule has 1 aromatic carbocycles. The lowest BCUT2D eigenvalue weighted by atomic mass is 9.85. The van der Waals surface area contributed by atoms with Gasteiger partial charge in [-0.05, 0) is 62.1 Å². The summed E-state index contributed by atoms with van der Waals surface area (Å²) >= 11 is 0. The molecule has 1 N–H and O–H groups in total. The molecule has 0 aliphatic heterocycles. The quantitative estimate of drug-likeness (QED) is 0.786. The van der Waals surface area contributed by atoms with Crippen molar-refractivity contribution in [2.45, 2.75) is 65.3 Å². The van der Waals surface area contributed by atoms with Crippen molar-refractivity contribution in [1.29, 1.82) is 0 Å². The predicted molar refractivity (Wildman–Crippen MR) is 83.5 cm³/mol. The average molecular weight is 259 g/mol. The Morgan fingerprint density at radius 3 is 2.74 bits per heavy atom. The van der Waals surface area contributed by atoms with E-state index in [1.54, 1.807) is 0 Å². The van der Waals surface area contributed by atoms with Gasteiger partial charge in [0.2, 0.25) is 0 Å². The molecule has 1 saturated carbocycles. The molecule has 0 radical (unpaired) electrons. The SMILES string of the molecule is Cc1ccccc1CCNC1CCCC(C)(C)CC1. The van der Waals surface area contributed by atoms with Gasteiger partial charge in [0.1, 0.15) is 0 Å². The van der Waals surface area contributed by atoms with Gasteiger partial charge in [0, 0.05) is 6.04 Å². The van der Waals surface area contributed by atoms with Gasteiger partial charge in [0.25, 0.3) is 0 Å². The van der Waals surface area contributed by atoms with E-state index < -0.39 is 0 Å². The van der Waals surface area contributed by atoms with E-state index in [1.807, 2.05) is 0 Å². The number of aryl methyl sites for hydroxylation is 1. The number of benzene rings is 1. The average Bonchev–Trinajstić information content (AvgIpc) is 2.53. The van der Waals surface area contributed by atoms with E-state index in [4.69, 9.17) is 0 Å². The van der Waals surface area contributed by atoms with Gasteiger partial charge in [-0.25, -0.2) is 0 Å². The summed E-state index contributed by atoms with van der Waals surface area (Å²) in [7, 11) is 0. The second-order valence-corrected chi connectivity index (χ2v) is 6.92. The molecule has 1 aliphatic rings. The zero-order chi connectivity index (χ0) is 13.7. The van der Waals surface area contributed by atoms with Crippen molar-refractivity contribution in [2.75, 3.05) is 6.54 Å². The van der Waals surface area contributed by atoms with Crippen LogP contribution in [0.2, 0.25) is 0 Å². The van der Waals surface area contributed by atoms with Crippen LogP contribution in [0.1, 0.15) is 57.1 Å². The van der Waals surface area contributed by atoms with E-state index in [-0.39, 0.29) is 0 Å². The summed E-state index contributed by atoms with van der Waals surface area (Å²) in [6.45, 7) is 8.17. The van der Waals surface area contributed by atoms with Crippen LogP contribution in [0.25, 0.3) is 0 Å². The fourth-order valence-corrected chi connectivity index (χ4v) is 3.17. The summed E-state index contributed by atoms with van der Waals surface area (Å²) in [4.78, 5) is 0. The molecule has 1 heteroatoms. The van der Waals surface area contributed by atoms with Crippen LogP contribution >= 0.6 is 0 Å². The van der Waals surface area contributed by atoms with Crippen LogP contribution in [0.4, 0.5) is 0 Å². The Morgan fingerprint density at radius 1 is 1.16 bits per heavy atom. The molecule has 1 unspecified atom stereocenters. The normalized spacial score (nSPS) is 23.0. The summed E-state index contributed by atoms with van der Waals surface area (Å²) in [5.41, 5.74) is 3.47. The summed E-state index contributed by atoms with van der Waals surface area (Å²) in [6, 6.07) is 9.48. The Kier molecular flexibility index (Phi) is 5.04. The molecule has 0 amide bonds. The van der Waals surface area contributed by atoms with Gasteiger partial charge in [-0.15, -0.1) is 0 Å². The fraction of sp³-hybridized carbons (Fsp3) is 0.667. The fourth-order valence-electron chi connectivity index (χ4n) is 3.17. The Hall–Kier alpha value is -0.820. The minimum Gasteiger partial charge on any atom is -0.314 e. The van der Waals surface area contributed by atoms with Gasteiger partial charge in [0.15, 0.2) is 0 Å². The smallest absolute Gasteiger partial charge is 0.00673 e. The molecule has 1 aromatic rings. The third-order valence-corrected chi connectivity index (χ3v) is 4.66. The first-order chi connectivity index (χ1) is 9.07. The van der Waals surface area contributed by atoms with E-state index in [1.165, 1.54) is 43.2 Å². The van der Waals surface area contributed by atoms with Crippen LogP contribution in [0.3, 0.4) is 0 Å². The highest BCUT2D eigenvalue weighted by atomic mass is 14.9. The van der Waals surface area contributed by atoms with Crippen molar-refractivity contribution in [3.8, 4) is 0 Å². The van der Waals surface area contributed by atoms with Crippen LogP contribution in [0.15, 0.2) is 24.3 Å². The van der Waals surface area contributed by atoms with Gasteiger partial charge >= 0.3 is 0 Å². The second-order valence-electron chi connectivity index (χ2n) is 6.92. The van der Waals surface area contributed by atoms with E-state index >= 15 is 0 Å². The van der Waals surface area contributed by atoms with Crippen molar-refractivity contribution in [1.82, 2.24) is 5.32 Å². The molecular weight excluding hydrogens is 230 g/mol. The molecule has 0 spiro atoms. The molecule has 1 nitrogen and oxygen atoms in total. The zero-order valence-electron chi connectivity index (χ0n) is 12.8. The van der Waals surface area contributed by atoms with Gasteiger partial charge < -0.3 is 5.32 Å². The minimum absolute atomic E-state index is 0.562. The summed E-state index contributed by atoms with van der Waals surface area (Å²) < 4.78 is 0. The molecule has 19 heavy (non-hydrogen) atoms. The third-order valence-electron chi connectivity index (χ3n) is 4.66. The molecule has 1 fully saturated rings. The Morgan fingerprint density at radius 2 is 1.95 bits per heavy atom. The predicted octanol–water partition coefficient (Wildman–Crippen LogP) is 4.49. The van der Waals surface area contributed by atoms with Crippen LogP contribution < -0.4 is 5.32 Å². The maximum Gasteiger partial charge on any atom is 0.00673 e. The van der Waals surface area contributed by atoms with Gasteiger partial charge in [-0.1, -0.05) is 44.5 Å². The van der Waals surface area contributed by atoms with Crippen molar-refractivity contribution in [2.24, 2.45) is 5.41 Å². The van der Waals surface area contributed by atoms with Gasteiger partial charge in [-0.2, -0.15) is 0 Å². The first-order valence-electron chi connectivity index (χ1n) is 7.85. The summed E-state index contributed by atoms with van der Waals surface area (Å²) in [5.74, 6) is 0. The van der Waals surface area contributed by atoms with Crippen molar-refractivity contribution in [3.05, 3.63) is 35.4 Å². The topological polar surface area (TPSA) is 12.0 Å². The van der Waals surface area contributed by atoms with Crippen LogP contribution in [0.5, 0.6) is 0 Å². The highest BCUT2D eigenvalue weighted by Gasteiger charge is 2.23.